The van der Waals surface area contributed by atoms with Crippen LogP contribution in [0.1, 0.15) is 22.7 Å². The molecule has 0 aliphatic rings. The van der Waals surface area contributed by atoms with Crippen molar-refractivity contribution in [3.63, 3.8) is 0 Å². The van der Waals surface area contributed by atoms with E-state index < -0.39 is 0 Å². The number of ether oxygens (including phenoxy) is 1. The fraction of sp³-hybridized carbons (Fsp3) is 0.250. The van der Waals surface area contributed by atoms with E-state index in [2.05, 4.69) is 15.9 Å². The van der Waals surface area contributed by atoms with Gasteiger partial charge in [0.25, 0.3) is 0 Å². The highest BCUT2D eigenvalue weighted by molar-refractivity contribution is 9.10. The van der Waals surface area contributed by atoms with Crippen LogP contribution in [-0.4, -0.2) is 7.11 Å². The zero-order valence-corrected chi connectivity index (χ0v) is 13.1. The molecule has 0 bridgehead atoms. The second-order valence-electron chi connectivity index (χ2n) is 4.78. The van der Waals surface area contributed by atoms with Gasteiger partial charge in [-0.1, -0.05) is 28.1 Å². The lowest BCUT2D eigenvalue weighted by molar-refractivity contribution is 0.410. The quantitative estimate of drug-likeness (QED) is 0.909. The highest BCUT2D eigenvalue weighted by Gasteiger charge is 2.12. The van der Waals surface area contributed by atoms with Gasteiger partial charge in [0.15, 0.2) is 0 Å². The van der Waals surface area contributed by atoms with Crippen molar-refractivity contribution in [1.82, 2.24) is 0 Å². The Hall–Kier alpha value is -1.39. The third kappa shape index (κ3) is 3.38. The minimum absolute atomic E-state index is 0.206. The summed E-state index contributed by atoms with van der Waals surface area (Å²) in [6, 6.07) is 10.3. The van der Waals surface area contributed by atoms with E-state index in [0.717, 1.165) is 26.9 Å². The van der Waals surface area contributed by atoms with Gasteiger partial charge in [-0.25, -0.2) is 4.39 Å². The van der Waals surface area contributed by atoms with Crippen molar-refractivity contribution in [3.05, 3.63) is 63.4 Å². The summed E-state index contributed by atoms with van der Waals surface area (Å²) in [6.45, 7) is 1.98. The topological polar surface area (TPSA) is 35.2 Å². The average molecular weight is 338 g/mol. The molecule has 2 N–H and O–H groups in total. The molecule has 2 rings (SSSR count). The standard InChI is InChI=1S/C16H17BrFNO/c1-10-3-4-11(9-16(10)20-2)15(19)8-12-7-13(18)5-6-14(12)17/h3-7,9,15H,8,19H2,1-2H3. The zero-order chi connectivity index (χ0) is 14.7. The highest BCUT2D eigenvalue weighted by atomic mass is 79.9. The van der Waals surface area contributed by atoms with Crippen LogP contribution in [0.5, 0.6) is 5.75 Å². The van der Waals surface area contributed by atoms with E-state index >= 15 is 0 Å². The fourth-order valence-corrected chi connectivity index (χ4v) is 2.53. The first-order valence-corrected chi connectivity index (χ1v) is 7.14. The summed E-state index contributed by atoms with van der Waals surface area (Å²) in [6.07, 6.45) is 0.560. The molecule has 0 saturated carbocycles. The monoisotopic (exact) mass is 337 g/mol. The van der Waals surface area contributed by atoms with Gasteiger partial charge in [0, 0.05) is 10.5 Å². The van der Waals surface area contributed by atoms with Gasteiger partial charge >= 0.3 is 0 Å². The Labute approximate surface area is 126 Å². The Bertz CT molecular complexity index is 615. The average Bonchev–Trinajstić information content (AvgIpc) is 2.43. The molecule has 0 saturated heterocycles. The lowest BCUT2D eigenvalue weighted by Gasteiger charge is -2.15. The van der Waals surface area contributed by atoms with E-state index in [0.29, 0.717) is 6.42 Å². The first kappa shape index (κ1) is 15.0. The minimum atomic E-state index is -0.253. The molecule has 4 heteroatoms. The predicted octanol–water partition coefficient (Wildman–Crippen LogP) is 4.15. The molecule has 0 heterocycles. The summed E-state index contributed by atoms with van der Waals surface area (Å²) in [5.74, 6) is 0.563. The third-order valence-electron chi connectivity index (χ3n) is 3.31. The Balaban J connectivity index is 2.23. The van der Waals surface area contributed by atoms with E-state index in [1.807, 2.05) is 25.1 Å². The van der Waals surface area contributed by atoms with Crippen molar-refractivity contribution in [2.45, 2.75) is 19.4 Å². The van der Waals surface area contributed by atoms with Gasteiger partial charge in [-0.2, -0.15) is 0 Å². The van der Waals surface area contributed by atoms with E-state index in [9.17, 15) is 4.39 Å². The molecule has 0 aliphatic heterocycles. The van der Waals surface area contributed by atoms with Crippen molar-refractivity contribution in [3.8, 4) is 5.75 Å². The van der Waals surface area contributed by atoms with Crippen LogP contribution < -0.4 is 10.5 Å². The molecule has 0 aromatic heterocycles. The molecule has 2 nitrogen and oxygen atoms in total. The van der Waals surface area contributed by atoms with Crippen LogP contribution in [0, 0.1) is 12.7 Å². The Morgan fingerprint density at radius 3 is 2.70 bits per heavy atom. The van der Waals surface area contributed by atoms with E-state index in [-0.39, 0.29) is 11.9 Å². The van der Waals surface area contributed by atoms with E-state index in [1.165, 1.54) is 12.1 Å². The molecule has 0 radical (unpaired) electrons. The van der Waals surface area contributed by atoms with Crippen molar-refractivity contribution in [2.24, 2.45) is 5.73 Å². The molecule has 1 unspecified atom stereocenters. The number of rotatable bonds is 4. The summed E-state index contributed by atoms with van der Waals surface area (Å²) < 4.78 is 19.5. The van der Waals surface area contributed by atoms with Crippen molar-refractivity contribution in [2.75, 3.05) is 7.11 Å². The minimum Gasteiger partial charge on any atom is -0.496 e. The normalized spacial score (nSPS) is 12.2. The second-order valence-corrected chi connectivity index (χ2v) is 5.63. The smallest absolute Gasteiger partial charge is 0.123 e. The predicted molar refractivity (Wildman–Crippen MR) is 82.5 cm³/mol. The summed E-state index contributed by atoms with van der Waals surface area (Å²) in [5, 5.41) is 0. The molecule has 0 fully saturated rings. The number of nitrogens with two attached hydrogens (primary N) is 1. The fourth-order valence-electron chi connectivity index (χ4n) is 2.12. The largest absolute Gasteiger partial charge is 0.496 e. The van der Waals surface area contributed by atoms with Gasteiger partial charge in [0.05, 0.1) is 7.11 Å². The van der Waals surface area contributed by atoms with Crippen molar-refractivity contribution < 1.29 is 9.13 Å². The molecule has 0 amide bonds. The zero-order valence-electron chi connectivity index (χ0n) is 11.5. The molecule has 1 atom stereocenters. The van der Waals surface area contributed by atoms with Crippen LogP contribution in [0.3, 0.4) is 0 Å². The highest BCUT2D eigenvalue weighted by Crippen LogP contribution is 2.26. The summed E-state index contributed by atoms with van der Waals surface area (Å²) >= 11 is 3.42. The molecule has 106 valence electrons. The van der Waals surface area contributed by atoms with Gasteiger partial charge in [-0.3, -0.25) is 0 Å². The van der Waals surface area contributed by atoms with Crippen LogP contribution in [-0.2, 0) is 6.42 Å². The van der Waals surface area contributed by atoms with Crippen LogP contribution in [0.15, 0.2) is 40.9 Å². The first-order chi connectivity index (χ1) is 9.51. The Morgan fingerprint density at radius 1 is 1.25 bits per heavy atom. The van der Waals surface area contributed by atoms with Gasteiger partial charge in [0.1, 0.15) is 11.6 Å². The van der Waals surface area contributed by atoms with Crippen molar-refractivity contribution in [1.29, 1.82) is 0 Å². The van der Waals surface area contributed by atoms with Crippen LogP contribution in [0.2, 0.25) is 0 Å². The summed E-state index contributed by atoms with van der Waals surface area (Å²) in [7, 11) is 1.64. The van der Waals surface area contributed by atoms with E-state index in [1.54, 1.807) is 13.2 Å². The van der Waals surface area contributed by atoms with Crippen LogP contribution >= 0.6 is 15.9 Å². The first-order valence-electron chi connectivity index (χ1n) is 6.35. The lowest BCUT2D eigenvalue weighted by atomic mass is 9.98. The van der Waals surface area contributed by atoms with Gasteiger partial charge in [-0.05, 0) is 54.3 Å². The summed E-state index contributed by atoms with van der Waals surface area (Å²) in [4.78, 5) is 0. The number of aryl methyl sites for hydroxylation is 1. The van der Waals surface area contributed by atoms with Gasteiger partial charge in [0.2, 0.25) is 0 Å². The van der Waals surface area contributed by atoms with E-state index in [4.69, 9.17) is 10.5 Å². The van der Waals surface area contributed by atoms with Gasteiger partial charge < -0.3 is 10.5 Å². The molecular formula is C16H17BrFNO. The number of benzene rings is 2. The SMILES string of the molecule is COc1cc(C(N)Cc2cc(F)ccc2Br)ccc1C. The third-order valence-corrected chi connectivity index (χ3v) is 4.08. The maximum Gasteiger partial charge on any atom is 0.123 e. The molecule has 0 aliphatic carbocycles. The molecule has 2 aromatic carbocycles. The second kappa shape index (κ2) is 6.37. The van der Waals surface area contributed by atoms with Gasteiger partial charge in [-0.15, -0.1) is 0 Å². The Kier molecular flexibility index (Phi) is 4.78. The number of hydrogen-bond donors (Lipinski definition) is 1. The number of hydrogen-bond acceptors (Lipinski definition) is 2. The number of halogens is 2. The Morgan fingerprint density at radius 2 is 2.00 bits per heavy atom. The number of methoxy groups -OCH3 is 1. The van der Waals surface area contributed by atoms with Crippen molar-refractivity contribution >= 4 is 15.9 Å². The summed E-state index contributed by atoms with van der Waals surface area (Å²) in [5.41, 5.74) is 9.12. The van der Waals surface area contributed by atoms with Crippen LogP contribution in [0.25, 0.3) is 0 Å². The maximum absolute atomic E-state index is 13.3. The lowest BCUT2D eigenvalue weighted by Crippen LogP contribution is -2.14. The maximum atomic E-state index is 13.3. The molecular weight excluding hydrogens is 321 g/mol. The van der Waals surface area contributed by atoms with Crippen LogP contribution in [0.4, 0.5) is 4.39 Å². The molecule has 0 spiro atoms. The molecule has 20 heavy (non-hydrogen) atoms. The molecule has 2 aromatic rings.